The second kappa shape index (κ2) is 5.60. The Balaban J connectivity index is 2.52. The molecule has 1 aromatic rings. The van der Waals surface area contributed by atoms with Gasteiger partial charge in [0.05, 0.1) is 0 Å². The predicted molar refractivity (Wildman–Crippen MR) is 64.2 cm³/mol. The topological polar surface area (TPSA) is 36.2 Å². The molecule has 0 fully saturated rings. The molecule has 14 heavy (non-hydrogen) atoms. The molecule has 0 unspecified atom stereocenters. The van der Waals surface area contributed by atoms with Crippen molar-refractivity contribution in [2.75, 3.05) is 0 Å². The zero-order valence-corrected chi connectivity index (χ0v) is 9.21. The van der Waals surface area contributed by atoms with Crippen LogP contribution in [0.3, 0.4) is 0 Å². The Bertz CT molecular complexity index is 317. The molecule has 1 rings (SSSR count). The van der Waals surface area contributed by atoms with Crippen molar-refractivity contribution >= 4 is 23.2 Å². The maximum absolute atomic E-state index is 7.72. The van der Waals surface area contributed by atoms with Crippen LogP contribution in [0.4, 0.5) is 0 Å². The van der Waals surface area contributed by atoms with Gasteiger partial charge in [-0.15, -0.1) is 0 Å². The number of nitrogens with zero attached hydrogens (tertiary/aromatic N) is 1. The largest absolute Gasteiger partial charge is 0.292 e. The van der Waals surface area contributed by atoms with Crippen LogP contribution in [-0.4, -0.2) is 11.3 Å². The minimum Gasteiger partial charge on any atom is -0.292 e. The third kappa shape index (κ3) is 3.75. The van der Waals surface area contributed by atoms with Crippen LogP contribution in [-0.2, 0) is 0 Å². The zero-order valence-electron chi connectivity index (χ0n) is 8.40. The first kappa shape index (κ1) is 11.0. The maximum Gasteiger partial charge on any atom is 0.117 e. The Labute approximate surface area is 89.1 Å². The molecule has 0 aliphatic carbocycles. The van der Waals surface area contributed by atoms with E-state index in [-0.39, 0.29) is 0 Å². The zero-order chi connectivity index (χ0) is 10.4. The molecule has 0 saturated heterocycles. The van der Waals surface area contributed by atoms with Crippen LogP contribution in [0.1, 0.15) is 19.4 Å². The standard InChI is InChI=1S/C11H14N2S/c1-9(2)8-13-14-11(12)10-6-4-3-5-7-10/h3-9,12H,1-2H3/b12-11?,13-8-. The molecule has 0 bridgehead atoms. The summed E-state index contributed by atoms with van der Waals surface area (Å²) in [5, 5.41) is 8.21. The summed E-state index contributed by atoms with van der Waals surface area (Å²) in [4.78, 5) is 0. The van der Waals surface area contributed by atoms with Crippen molar-refractivity contribution in [3.63, 3.8) is 0 Å². The molecule has 1 aromatic carbocycles. The molecule has 0 saturated carbocycles. The molecule has 0 heterocycles. The molecule has 3 heteroatoms. The number of hydrogen-bond donors (Lipinski definition) is 1. The highest BCUT2D eigenvalue weighted by Crippen LogP contribution is 2.12. The second-order valence-electron chi connectivity index (χ2n) is 3.28. The van der Waals surface area contributed by atoms with Gasteiger partial charge in [-0.2, -0.15) is 0 Å². The fourth-order valence-electron chi connectivity index (χ4n) is 0.847. The van der Waals surface area contributed by atoms with Crippen LogP contribution in [0.25, 0.3) is 0 Å². The Morgan fingerprint density at radius 3 is 2.57 bits per heavy atom. The highest BCUT2D eigenvalue weighted by molar-refractivity contribution is 8.13. The average Bonchev–Trinajstić information content (AvgIpc) is 2.18. The number of benzene rings is 1. The lowest BCUT2D eigenvalue weighted by molar-refractivity contribution is 0.910. The van der Waals surface area contributed by atoms with E-state index in [0.717, 1.165) is 5.56 Å². The SMILES string of the molecule is CC(C)/C=N\SC(=N)c1ccccc1. The lowest BCUT2D eigenvalue weighted by Crippen LogP contribution is -1.91. The Hall–Kier alpha value is -1.09. The second-order valence-corrected chi connectivity index (χ2v) is 4.09. The molecule has 0 radical (unpaired) electrons. The van der Waals surface area contributed by atoms with Crippen LogP contribution in [0.5, 0.6) is 0 Å². The molecule has 0 spiro atoms. The van der Waals surface area contributed by atoms with Gasteiger partial charge in [-0.05, 0) is 5.92 Å². The van der Waals surface area contributed by atoms with Crippen LogP contribution in [0, 0.1) is 11.3 Å². The molecule has 1 N–H and O–H groups in total. The van der Waals surface area contributed by atoms with Crippen LogP contribution >= 0.6 is 11.9 Å². The van der Waals surface area contributed by atoms with Crippen LogP contribution in [0.15, 0.2) is 34.7 Å². The first-order valence-electron chi connectivity index (χ1n) is 4.54. The summed E-state index contributed by atoms with van der Waals surface area (Å²) in [6, 6.07) is 9.63. The fraction of sp³-hybridized carbons (Fsp3) is 0.273. The monoisotopic (exact) mass is 206 g/mol. The summed E-state index contributed by atoms with van der Waals surface area (Å²) in [6.45, 7) is 4.13. The van der Waals surface area contributed by atoms with E-state index in [0.29, 0.717) is 11.0 Å². The number of hydrogen-bond acceptors (Lipinski definition) is 3. The molecule has 0 amide bonds. The molecule has 0 aliphatic rings. The van der Waals surface area contributed by atoms with Crippen molar-refractivity contribution in [2.45, 2.75) is 13.8 Å². The van der Waals surface area contributed by atoms with E-state index in [1.165, 1.54) is 11.9 Å². The van der Waals surface area contributed by atoms with E-state index < -0.39 is 0 Å². The molecular formula is C11H14N2S. The van der Waals surface area contributed by atoms with Gasteiger partial charge in [0.25, 0.3) is 0 Å². The molecule has 74 valence electrons. The van der Waals surface area contributed by atoms with Gasteiger partial charge in [-0.1, -0.05) is 44.2 Å². The molecule has 2 nitrogen and oxygen atoms in total. The maximum atomic E-state index is 7.72. The smallest absolute Gasteiger partial charge is 0.117 e. The Kier molecular flexibility index (Phi) is 4.40. The van der Waals surface area contributed by atoms with Crippen molar-refractivity contribution in [3.8, 4) is 0 Å². The number of rotatable bonds is 3. The molecule has 0 aromatic heterocycles. The quantitative estimate of drug-likeness (QED) is 0.459. The van der Waals surface area contributed by atoms with E-state index in [9.17, 15) is 0 Å². The lowest BCUT2D eigenvalue weighted by atomic mass is 10.2. The molecule has 0 atom stereocenters. The summed E-state index contributed by atoms with van der Waals surface area (Å²) in [5.74, 6) is 0.436. The number of nitrogens with one attached hydrogen (secondary N) is 1. The average molecular weight is 206 g/mol. The first-order chi connectivity index (χ1) is 6.70. The van der Waals surface area contributed by atoms with Crippen molar-refractivity contribution in [1.29, 1.82) is 5.41 Å². The van der Waals surface area contributed by atoms with Gasteiger partial charge in [0, 0.05) is 23.7 Å². The summed E-state index contributed by atoms with van der Waals surface area (Å²) in [7, 11) is 0. The van der Waals surface area contributed by atoms with Gasteiger partial charge >= 0.3 is 0 Å². The summed E-state index contributed by atoms with van der Waals surface area (Å²) < 4.78 is 4.11. The summed E-state index contributed by atoms with van der Waals surface area (Å²) >= 11 is 1.21. The van der Waals surface area contributed by atoms with Crippen molar-refractivity contribution in [2.24, 2.45) is 10.3 Å². The van der Waals surface area contributed by atoms with Gasteiger partial charge in [0.15, 0.2) is 0 Å². The van der Waals surface area contributed by atoms with Crippen molar-refractivity contribution in [1.82, 2.24) is 0 Å². The van der Waals surface area contributed by atoms with Crippen molar-refractivity contribution in [3.05, 3.63) is 35.9 Å². The van der Waals surface area contributed by atoms with Crippen molar-refractivity contribution < 1.29 is 0 Å². The third-order valence-electron chi connectivity index (χ3n) is 1.54. The van der Waals surface area contributed by atoms with Gasteiger partial charge in [0.1, 0.15) is 5.04 Å². The third-order valence-corrected chi connectivity index (χ3v) is 2.18. The molecular weight excluding hydrogens is 192 g/mol. The Morgan fingerprint density at radius 2 is 2.00 bits per heavy atom. The minimum atomic E-state index is 0.436. The van der Waals surface area contributed by atoms with E-state index in [1.54, 1.807) is 0 Å². The van der Waals surface area contributed by atoms with Gasteiger partial charge in [0.2, 0.25) is 0 Å². The predicted octanol–water partition coefficient (Wildman–Crippen LogP) is 3.39. The highest BCUT2D eigenvalue weighted by Gasteiger charge is 1.99. The minimum absolute atomic E-state index is 0.436. The fourth-order valence-corrected chi connectivity index (χ4v) is 1.50. The van der Waals surface area contributed by atoms with Gasteiger partial charge < -0.3 is 0 Å². The van der Waals surface area contributed by atoms with Crippen LogP contribution in [0.2, 0.25) is 0 Å². The van der Waals surface area contributed by atoms with Gasteiger partial charge in [-0.3, -0.25) is 5.41 Å². The summed E-state index contributed by atoms with van der Waals surface area (Å²) in [6.07, 6.45) is 1.85. The highest BCUT2D eigenvalue weighted by atomic mass is 32.2. The lowest BCUT2D eigenvalue weighted by Gasteiger charge is -1.98. The van der Waals surface area contributed by atoms with E-state index in [1.807, 2.05) is 36.5 Å². The normalized spacial score (nSPS) is 11.1. The van der Waals surface area contributed by atoms with Crippen LogP contribution < -0.4 is 0 Å². The van der Waals surface area contributed by atoms with Gasteiger partial charge in [-0.25, -0.2) is 4.40 Å². The Morgan fingerprint density at radius 1 is 1.36 bits per heavy atom. The van der Waals surface area contributed by atoms with E-state index >= 15 is 0 Å². The summed E-state index contributed by atoms with van der Waals surface area (Å²) in [5.41, 5.74) is 0.915. The molecule has 0 aliphatic heterocycles. The van der Waals surface area contributed by atoms with E-state index in [2.05, 4.69) is 18.2 Å². The first-order valence-corrected chi connectivity index (χ1v) is 5.32. The van der Waals surface area contributed by atoms with E-state index in [4.69, 9.17) is 5.41 Å².